The zero-order valence-corrected chi connectivity index (χ0v) is 15.4. The summed E-state index contributed by atoms with van der Waals surface area (Å²) in [6, 6.07) is 17.6. The van der Waals surface area contributed by atoms with E-state index in [-0.39, 0.29) is 0 Å². The molecule has 2 aromatic rings. The van der Waals surface area contributed by atoms with Gasteiger partial charge in [0.1, 0.15) is 16.7 Å². The summed E-state index contributed by atoms with van der Waals surface area (Å²) in [6.07, 6.45) is 1.89. The van der Waals surface area contributed by atoms with E-state index < -0.39 is 11.0 Å². The van der Waals surface area contributed by atoms with E-state index in [9.17, 15) is 4.21 Å². The largest absolute Gasteiger partial charge is 0.426 e. The maximum Gasteiger partial charge on any atom is 0.137 e. The summed E-state index contributed by atoms with van der Waals surface area (Å²) in [7, 11) is -1.15. The average Bonchev–Trinajstić information content (AvgIpc) is 2.56. The fraction of sp³-hybridized carbons (Fsp3) is 0.333. The fourth-order valence-corrected chi connectivity index (χ4v) is 3.93. The van der Waals surface area contributed by atoms with Gasteiger partial charge in [-0.25, -0.2) is 8.51 Å². The van der Waals surface area contributed by atoms with Crippen molar-refractivity contribution >= 4 is 23.0 Å². The van der Waals surface area contributed by atoms with Gasteiger partial charge in [-0.05, 0) is 35.7 Å². The molecule has 23 heavy (non-hydrogen) atoms. The molecule has 2 aromatic carbocycles. The summed E-state index contributed by atoms with van der Waals surface area (Å²) in [5.41, 5.74) is 1.13. The van der Waals surface area contributed by atoms with Gasteiger partial charge in [-0.15, -0.1) is 0 Å². The molecule has 0 aliphatic rings. The summed E-state index contributed by atoms with van der Waals surface area (Å²) in [5, 5.41) is 0. The molecule has 0 spiro atoms. The molecule has 0 saturated carbocycles. The Labute approximate surface area is 145 Å². The molecule has 0 aliphatic carbocycles. The lowest BCUT2D eigenvalue weighted by Gasteiger charge is -2.23. The SMILES string of the molecule is CSOc1ccc(CN(CC(C)C)S(=O)c2ccccc2)cc1. The Morgan fingerprint density at radius 3 is 2.30 bits per heavy atom. The maximum atomic E-state index is 12.9. The number of hydrogen-bond acceptors (Lipinski definition) is 3. The van der Waals surface area contributed by atoms with E-state index in [2.05, 4.69) is 13.8 Å². The summed E-state index contributed by atoms with van der Waals surface area (Å²) in [6.45, 7) is 5.72. The normalized spacial score (nSPS) is 12.6. The van der Waals surface area contributed by atoms with E-state index in [0.29, 0.717) is 12.5 Å². The van der Waals surface area contributed by atoms with Crippen LogP contribution >= 0.6 is 12.0 Å². The summed E-state index contributed by atoms with van der Waals surface area (Å²) in [4.78, 5) is 0.843. The molecular weight excluding hydrogens is 326 g/mol. The average molecular weight is 350 g/mol. The van der Waals surface area contributed by atoms with Gasteiger partial charge in [0.05, 0.1) is 16.9 Å². The Balaban J connectivity index is 2.13. The smallest absolute Gasteiger partial charge is 0.137 e. The number of rotatable bonds is 8. The van der Waals surface area contributed by atoms with Crippen LogP contribution in [0.25, 0.3) is 0 Å². The molecule has 0 fully saturated rings. The van der Waals surface area contributed by atoms with Gasteiger partial charge >= 0.3 is 0 Å². The van der Waals surface area contributed by atoms with Crippen molar-refractivity contribution in [2.24, 2.45) is 5.92 Å². The maximum absolute atomic E-state index is 12.9. The third-order valence-electron chi connectivity index (χ3n) is 3.21. The fourth-order valence-electron chi connectivity index (χ4n) is 2.23. The lowest BCUT2D eigenvalue weighted by Crippen LogP contribution is -2.29. The van der Waals surface area contributed by atoms with Crippen molar-refractivity contribution in [3.8, 4) is 5.75 Å². The van der Waals surface area contributed by atoms with E-state index in [0.717, 1.165) is 22.8 Å². The highest BCUT2D eigenvalue weighted by Crippen LogP contribution is 2.19. The Hall–Kier alpha value is -1.30. The van der Waals surface area contributed by atoms with Crippen LogP contribution in [0.15, 0.2) is 59.5 Å². The standard InChI is InChI=1S/C18H23NO2S2/c1-15(2)13-19(23(20)18-7-5-4-6-8-18)14-16-9-11-17(12-10-16)21-22-3/h4-12,15H,13-14H2,1-3H3. The Morgan fingerprint density at radius 1 is 1.09 bits per heavy atom. The molecule has 5 heteroatoms. The number of nitrogens with zero attached hydrogens (tertiary/aromatic N) is 1. The molecule has 3 nitrogen and oxygen atoms in total. The Morgan fingerprint density at radius 2 is 1.74 bits per heavy atom. The van der Waals surface area contributed by atoms with E-state index in [4.69, 9.17) is 4.18 Å². The van der Waals surface area contributed by atoms with E-state index in [1.165, 1.54) is 12.0 Å². The first-order valence-corrected chi connectivity index (χ1v) is 9.87. The second kappa shape index (κ2) is 9.11. The third kappa shape index (κ3) is 5.68. The van der Waals surface area contributed by atoms with E-state index in [1.807, 2.05) is 65.2 Å². The van der Waals surface area contributed by atoms with Crippen LogP contribution in [0.5, 0.6) is 5.75 Å². The molecule has 1 unspecified atom stereocenters. The second-order valence-electron chi connectivity index (χ2n) is 5.67. The molecule has 2 rings (SSSR count). The van der Waals surface area contributed by atoms with Crippen molar-refractivity contribution in [1.29, 1.82) is 0 Å². The monoisotopic (exact) mass is 349 g/mol. The lowest BCUT2D eigenvalue weighted by molar-refractivity contribution is 0.384. The molecular formula is C18H23NO2S2. The minimum atomic E-state index is -1.15. The minimum absolute atomic E-state index is 0.446. The van der Waals surface area contributed by atoms with Gasteiger partial charge in [0.2, 0.25) is 0 Å². The zero-order valence-electron chi connectivity index (χ0n) is 13.8. The van der Waals surface area contributed by atoms with Gasteiger partial charge in [0.25, 0.3) is 0 Å². The van der Waals surface area contributed by atoms with Crippen LogP contribution in [0.1, 0.15) is 19.4 Å². The molecule has 0 saturated heterocycles. The van der Waals surface area contributed by atoms with Crippen molar-refractivity contribution in [3.63, 3.8) is 0 Å². The van der Waals surface area contributed by atoms with Crippen LogP contribution < -0.4 is 4.18 Å². The van der Waals surface area contributed by atoms with Crippen molar-refractivity contribution in [2.75, 3.05) is 12.8 Å². The predicted molar refractivity (Wildman–Crippen MR) is 98.7 cm³/mol. The van der Waals surface area contributed by atoms with E-state index in [1.54, 1.807) is 0 Å². The molecule has 0 aliphatic heterocycles. The highest BCUT2D eigenvalue weighted by Gasteiger charge is 2.17. The summed E-state index contributed by atoms with van der Waals surface area (Å²) >= 11 is 1.33. The minimum Gasteiger partial charge on any atom is -0.426 e. The van der Waals surface area contributed by atoms with Gasteiger partial charge in [0, 0.05) is 19.3 Å². The van der Waals surface area contributed by atoms with E-state index >= 15 is 0 Å². The van der Waals surface area contributed by atoms with Crippen LogP contribution in [-0.2, 0) is 17.5 Å². The number of hydrogen-bond donors (Lipinski definition) is 0. The molecule has 0 N–H and O–H groups in total. The van der Waals surface area contributed by atoms with Crippen LogP contribution in [0, 0.1) is 5.92 Å². The number of benzene rings is 2. The van der Waals surface area contributed by atoms with Crippen LogP contribution in [0.2, 0.25) is 0 Å². The van der Waals surface area contributed by atoms with Crippen molar-refractivity contribution in [2.45, 2.75) is 25.3 Å². The van der Waals surface area contributed by atoms with Crippen molar-refractivity contribution in [1.82, 2.24) is 4.31 Å². The first kappa shape index (κ1) is 18.0. The first-order valence-electron chi connectivity index (χ1n) is 7.61. The quantitative estimate of drug-likeness (QED) is 0.656. The van der Waals surface area contributed by atoms with Crippen LogP contribution in [-0.4, -0.2) is 21.3 Å². The summed E-state index contributed by atoms with van der Waals surface area (Å²) < 4.78 is 20.3. The molecule has 0 heterocycles. The Bertz CT molecular complexity index is 615. The van der Waals surface area contributed by atoms with Crippen LogP contribution in [0.3, 0.4) is 0 Å². The van der Waals surface area contributed by atoms with Gasteiger partial charge in [-0.3, -0.25) is 0 Å². The molecule has 0 amide bonds. The first-order chi connectivity index (χ1) is 11.1. The lowest BCUT2D eigenvalue weighted by atomic mass is 10.2. The van der Waals surface area contributed by atoms with Crippen LogP contribution in [0.4, 0.5) is 0 Å². The molecule has 0 bridgehead atoms. The zero-order chi connectivity index (χ0) is 16.7. The van der Waals surface area contributed by atoms with Gasteiger partial charge in [0.15, 0.2) is 0 Å². The topological polar surface area (TPSA) is 29.5 Å². The molecule has 124 valence electrons. The Kier molecular flexibility index (Phi) is 7.15. The van der Waals surface area contributed by atoms with Gasteiger partial charge in [-0.2, -0.15) is 0 Å². The van der Waals surface area contributed by atoms with Crippen molar-refractivity contribution < 1.29 is 8.39 Å². The molecule has 0 aromatic heterocycles. The highest BCUT2D eigenvalue weighted by molar-refractivity contribution is 7.94. The predicted octanol–water partition coefficient (Wildman–Crippen LogP) is 4.52. The summed E-state index contributed by atoms with van der Waals surface area (Å²) in [5.74, 6) is 1.28. The van der Waals surface area contributed by atoms with Gasteiger partial charge in [-0.1, -0.05) is 44.2 Å². The highest BCUT2D eigenvalue weighted by atomic mass is 32.2. The van der Waals surface area contributed by atoms with Gasteiger partial charge < -0.3 is 4.18 Å². The molecule has 1 atom stereocenters. The second-order valence-corrected chi connectivity index (χ2v) is 7.66. The van der Waals surface area contributed by atoms with Crippen molar-refractivity contribution in [3.05, 3.63) is 60.2 Å². The molecule has 0 radical (unpaired) electrons. The third-order valence-corrected chi connectivity index (χ3v) is 4.99.